The lowest BCUT2D eigenvalue weighted by Crippen LogP contribution is -2.58. The predicted molar refractivity (Wildman–Crippen MR) is 120 cm³/mol. The summed E-state index contributed by atoms with van der Waals surface area (Å²) in [7, 11) is 0. The second kappa shape index (κ2) is 9.88. The van der Waals surface area contributed by atoms with Crippen molar-refractivity contribution in [3.63, 3.8) is 0 Å². The number of carbonyl (C=O) groups excluding carboxylic acids is 2. The molecule has 0 aliphatic carbocycles. The largest absolute Gasteiger partial charge is 0.339 e. The Morgan fingerprint density at radius 1 is 1.28 bits per heavy atom. The van der Waals surface area contributed by atoms with Gasteiger partial charge < -0.3 is 15.5 Å². The van der Waals surface area contributed by atoms with E-state index < -0.39 is 17.5 Å². The Kier molecular flexibility index (Phi) is 7.21. The SMILES string of the molecule is CC(C)(C)CC(NC(=O)c1cnccn1)C(=O)N(Cc1ccccc1)C1(C#N)CCNC1. The van der Waals surface area contributed by atoms with E-state index in [1.807, 2.05) is 51.1 Å². The molecule has 8 heteroatoms. The Morgan fingerprint density at radius 2 is 2.03 bits per heavy atom. The zero-order valence-electron chi connectivity index (χ0n) is 18.8. The van der Waals surface area contributed by atoms with Gasteiger partial charge in [0, 0.05) is 25.5 Å². The number of rotatable bonds is 7. The summed E-state index contributed by atoms with van der Waals surface area (Å²) in [6, 6.07) is 11.2. The first-order valence-corrected chi connectivity index (χ1v) is 10.8. The van der Waals surface area contributed by atoms with Gasteiger partial charge in [0.05, 0.1) is 12.3 Å². The number of benzene rings is 1. The van der Waals surface area contributed by atoms with Crippen LogP contribution in [0.25, 0.3) is 0 Å². The van der Waals surface area contributed by atoms with Crippen molar-refractivity contribution in [2.75, 3.05) is 13.1 Å². The number of amides is 2. The van der Waals surface area contributed by atoms with Gasteiger partial charge in [0.2, 0.25) is 5.91 Å². The van der Waals surface area contributed by atoms with Crippen molar-refractivity contribution in [2.24, 2.45) is 5.41 Å². The highest BCUT2D eigenvalue weighted by Crippen LogP contribution is 2.29. The number of carbonyl (C=O) groups is 2. The Hall–Kier alpha value is -3.31. The molecule has 1 saturated heterocycles. The van der Waals surface area contributed by atoms with Crippen molar-refractivity contribution in [3.05, 3.63) is 60.2 Å². The van der Waals surface area contributed by atoms with Crippen LogP contribution in [0.2, 0.25) is 0 Å². The van der Waals surface area contributed by atoms with E-state index in [2.05, 4.69) is 26.7 Å². The molecule has 8 nitrogen and oxygen atoms in total. The molecule has 2 unspecified atom stereocenters. The van der Waals surface area contributed by atoms with Crippen LogP contribution in [0.5, 0.6) is 0 Å². The zero-order chi connectivity index (χ0) is 23.2. The summed E-state index contributed by atoms with van der Waals surface area (Å²) in [6.07, 6.45) is 5.24. The van der Waals surface area contributed by atoms with Gasteiger partial charge in [-0.15, -0.1) is 0 Å². The molecule has 1 fully saturated rings. The maximum atomic E-state index is 13.9. The van der Waals surface area contributed by atoms with Crippen molar-refractivity contribution in [1.29, 1.82) is 5.26 Å². The monoisotopic (exact) mass is 434 g/mol. The molecule has 1 aliphatic rings. The van der Waals surface area contributed by atoms with Crippen LogP contribution in [0.3, 0.4) is 0 Å². The van der Waals surface area contributed by atoms with Crippen molar-refractivity contribution >= 4 is 11.8 Å². The van der Waals surface area contributed by atoms with Crippen molar-refractivity contribution < 1.29 is 9.59 Å². The maximum Gasteiger partial charge on any atom is 0.272 e. The highest BCUT2D eigenvalue weighted by atomic mass is 16.2. The van der Waals surface area contributed by atoms with Gasteiger partial charge in [-0.25, -0.2) is 4.98 Å². The van der Waals surface area contributed by atoms with Crippen LogP contribution >= 0.6 is 0 Å². The van der Waals surface area contributed by atoms with E-state index in [1.54, 1.807) is 4.90 Å². The molecule has 1 aromatic heterocycles. The summed E-state index contributed by atoms with van der Waals surface area (Å²) in [5.41, 5.74) is -0.133. The summed E-state index contributed by atoms with van der Waals surface area (Å²) in [4.78, 5) is 36.4. The fourth-order valence-electron chi connectivity index (χ4n) is 3.92. The Morgan fingerprint density at radius 3 is 2.59 bits per heavy atom. The van der Waals surface area contributed by atoms with Crippen LogP contribution in [0.15, 0.2) is 48.9 Å². The van der Waals surface area contributed by atoms with Crippen LogP contribution in [0, 0.1) is 16.7 Å². The van der Waals surface area contributed by atoms with Gasteiger partial charge in [-0.2, -0.15) is 5.26 Å². The molecule has 0 saturated carbocycles. The molecule has 3 rings (SSSR count). The number of nitriles is 1. The minimum Gasteiger partial charge on any atom is -0.339 e. The lowest BCUT2D eigenvalue weighted by atomic mass is 9.86. The second-order valence-electron chi connectivity index (χ2n) is 9.36. The van der Waals surface area contributed by atoms with Gasteiger partial charge in [0.1, 0.15) is 17.3 Å². The summed E-state index contributed by atoms with van der Waals surface area (Å²) in [6.45, 7) is 7.38. The molecule has 2 heterocycles. The predicted octanol–water partition coefficient (Wildman–Crippen LogP) is 2.30. The molecule has 168 valence electrons. The summed E-state index contributed by atoms with van der Waals surface area (Å²) in [5.74, 6) is -0.734. The third-order valence-corrected chi connectivity index (χ3v) is 5.52. The number of hydrogen-bond donors (Lipinski definition) is 2. The van der Waals surface area contributed by atoms with Gasteiger partial charge in [-0.3, -0.25) is 14.6 Å². The number of nitrogens with one attached hydrogen (secondary N) is 2. The van der Waals surface area contributed by atoms with E-state index in [-0.39, 0.29) is 23.6 Å². The minimum absolute atomic E-state index is 0.145. The number of hydrogen-bond acceptors (Lipinski definition) is 6. The molecule has 1 aliphatic heterocycles. The molecule has 2 amide bonds. The van der Waals surface area contributed by atoms with E-state index in [1.165, 1.54) is 18.6 Å². The second-order valence-corrected chi connectivity index (χ2v) is 9.36. The molecule has 2 atom stereocenters. The number of nitrogens with zero attached hydrogens (tertiary/aromatic N) is 4. The van der Waals surface area contributed by atoms with Gasteiger partial charge >= 0.3 is 0 Å². The lowest BCUT2D eigenvalue weighted by molar-refractivity contribution is -0.139. The lowest BCUT2D eigenvalue weighted by Gasteiger charge is -2.39. The van der Waals surface area contributed by atoms with Crippen LogP contribution in [0.1, 0.15) is 49.7 Å². The average Bonchev–Trinajstić information content (AvgIpc) is 3.27. The van der Waals surface area contributed by atoms with Crippen LogP contribution in [-0.2, 0) is 11.3 Å². The number of aromatic nitrogens is 2. The quantitative estimate of drug-likeness (QED) is 0.692. The first-order valence-electron chi connectivity index (χ1n) is 10.8. The van der Waals surface area contributed by atoms with E-state index in [0.29, 0.717) is 25.9 Å². The molecule has 1 aromatic carbocycles. The van der Waals surface area contributed by atoms with Crippen molar-refractivity contribution in [3.8, 4) is 6.07 Å². The highest BCUT2D eigenvalue weighted by Gasteiger charge is 2.45. The van der Waals surface area contributed by atoms with Crippen molar-refractivity contribution in [1.82, 2.24) is 25.5 Å². The molecule has 2 aromatic rings. The topological polar surface area (TPSA) is 111 Å². The first-order chi connectivity index (χ1) is 15.2. The van der Waals surface area contributed by atoms with E-state index in [0.717, 1.165) is 5.56 Å². The van der Waals surface area contributed by atoms with E-state index in [4.69, 9.17) is 0 Å². The fraction of sp³-hybridized carbons (Fsp3) is 0.458. The maximum absolute atomic E-state index is 13.9. The minimum atomic E-state index is -0.972. The molecular formula is C24H30N6O2. The van der Waals surface area contributed by atoms with Gasteiger partial charge in [0.15, 0.2) is 0 Å². The highest BCUT2D eigenvalue weighted by molar-refractivity contribution is 5.96. The zero-order valence-corrected chi connectivity index (χ0v) is 18.8. The molecule has 32 heavy (non-hydrogen) atoms. The van der Waals surface area contributed by atoms with Crippen molar-refractivity contribution in [2.45, 2.75) is 51.7 Å². The molecule has 0 radical (unpaired) electrons. The van der Waals surface area contributed by atoms with Gasteiger partial charge in [0.25, 0.3) is 5.91 Å². The fourth-order valence-corrected chi connectivity index (χ4v) is 3.92. The van der Waals surface area contributed by atoms with Crippen LogP contribution in [-0.4, -0.2) is 51.4 Å². The summed E-state index contributed by atoms with van der Waals surface area (Å²) >= 11 is 0. The third-order valence-electron chi connectivity index (χ3n) is 5.52. The standard InChI is InChI=1S/C24H30N6O2/c1-23(2,3)13-19(29-21(31)20-14-26-11-12-28-20)22(32)30(15-18-7-5-4-6-8-18)24(16-25)9-10-27-17-24/h4-8,11-12,14,19,27H,9-10,13,15,17H2,1-3H3,(H,29,31). The normalized spacial score (nSPS) is 19.1. The molecule has 0 spiro atoms. The average molecular weight is 435 g/mol. The summed E-state index contributed by atoms with van der Waals surface area (Å²) in [5, 5.41) is 16.2. The summed E-state index contributed by atoms with van der Waals surface area (Å²) < 4.78 is 0. The van der Waals surface area contributed by atoms with Gasteiger partial charge in [-0.05, 0) is 30.4 Å². The smallest absolute Gasteiger partial charge is 0.272 e. The van der Waals surface area contributed by atoms with E-state index >= 15 is 0 Å². The van der Waals surface area contributed by atoms with Crippen LogP contribution < -0.4 is 10.6 Å². The van der Waals surface area contributed by atoms with E-state index in [9.17, 15) is 14.9 Å². The molecule has 0 bridgehead atoms. The Balaban J connectivity index is 1.94. The molecular weight excluding hydrogens is 404 g/mol. The Bertz CT molecular complexity index is 959. The third kappa shape index (κ3) is 5.68. The molecule has 2 N–H and O–H groups in total. The Labute approximate surface area is 189 Å². The van der Waals surface area contributed by atoms with Crippen LogP contribution in [0.4, 0.5) is 0 Å². The van der Waals surface area contributed by atoms with Gasteiger partial charge in [-0.1, -0.05) is 51.1 Å². The first kappa shape index (κ1) is 23.4.